The lowest BCUT2D eigenvalue weighted by molar-refractivity contribution is 0.340. The highest BCUT2D eigenvalue weighted by atomic mass is 79.9. The molecule has 1 heterocycles. The highest BCUT2D eigenvalue weighted by molar-refractivity contribution is 9.09. The van der Waals surface area contributed by atoms with Crippen LogP contribution < -0.4 is 4.74 Å². The van der Waals surface area contributed by atoms with E-state index in [9.17, 15) is 0 Å². The first-order valence-corrected chi connectivity index (χ1v) is 8.46. The standard InChI is InChI=1S/C14H19BrN2OS/c1-4-18-10-5-6-11-12(7-10)17-13(16-11)19-9-14(2,3)8-15/h5-7H,4,8-9H2,1-3H3,(H,16,17). The fraction of sp³-hybridized carbons (Fsp3) is 0.500. The van der Waals surface area contributed by atoms with Crippen molar-refractivity contribution >= 4 is 38.7 Å². The summed E-state index contributed by atoms with van der Waals surface area (Å²) in [6.07, 6.45) is 0. The number of hydrogen-bond donors (Lipinski definition) is 1. The van der Waals surface area contributed by atoms with E-state index in [4.69, 9.17) is 4.74 Å². The van der Waals surface area contributed by atoms with E-state index < -0.39 is 0 Å². The maximum Gasteiger partial charge on any atom is 0.166 e. The molecule has 2 rings (SSSR count). The number of nitrogens with one attached hydrogen (secondary N) is 1. The fourth-order valence-electron chi connectivity index (χ4n) is 1.59. The highest BCUT2D eigenvalue weighted by Gasteiger charge is 2.17. The smallest absolute Gasteiger partial charge is 0.166 e. The SMILES string of the molecule is CCOc1ccc2nc(SCC(C)(C)CBr)[nH]c2c1. The second-order valence-corrected chi connectivity index (χ2v) is 6.77. The lowest BCUT2D eigenvalue weighted by atomic mass is 10.0. The van der Waals surface area contributed by atoms with Gasteiger partial charge in [-0.25, -0.2) is 4.98 Å². The predicted octanol–water partition coefficient (Wildman–Crippen LogP) is 4.47. The molecule has 0 aliphatic rings. The normalized spacial score (nSPS) is 12.0. The summed E-state index contributed by atoms with van der Waals surface area (Å²) in [6, 6.07) is 5.96. The van der Waals surface area contributed by atoms with Crippen molar-refractivity contribution in [3.05, 3.63) is 18.2 Å². The molecule has 1 N–H and O–H groups in total. The number of imidazole rings is 1. The lowest BCUT2D eigenvalue weighted by Crippen LogP contribution is -2.16. The Morgan fingerprint density at radius 1 is 1.42 bits per heavy atom. The van der Waals surface area contributed by atoms with Gasteiger partial charge in [0.2, 0.25) is 0 Å². The third-order valence-corrected chi connectivity index (χ3v) is 5.61. The van der Waals surface area contributed by atoms with Crippen LogP contribution in [0, 0.1) is 5.41 Å². The van der Waals surface area contributed by atoms with Crippen LogP contribution in [-0.2, 0) is 0 Å². The molecule has 0 aliphatic heterocycles. The molecule has 0 saturated carbocycles. The number of nitrogens with zero attached hydrogens (tertiary/aromatic N) is 1. The number of fused-ring (bicyclic) bond motifs is 1. The van der Waals surface area contributed by atoms with Crippen molar-refractivity contribution in [2.45, 2.75) is 25.9 Å². The Bertz CT molecular complexity index is 553. The maximum absolute atomic E-state index is 5.49. The van der Waals surface area contributed by atoms with Gasteiger partial charge in [0.25, 0.3) is 0 Å². The second-order valence-electron chi connectivity index (χ2n) is 5.24. The minimum atomic E-state index is 0.264. The number of ether oxygens (including phenoxy) is 1. The minimum Gasteiger partial charge on any atom is -0.494 e. The number of aromatic nitrogens is 2. The zero-order valence-electron chi connectivity index (χ0n) is 11.5. The van der Waals surface area contributed by atoms with Gasteiger partial charge in [0.05, 0.1) is 17.6 Å². The van der Waals surface area contributed by atoms with E-state index in [1.54, 1.807) is 11.8 Å². The van der Waals surface area contributed by atoms with Crippen molar-refractivity contribution in [1.29, 1.82) is 0 Å². The number of rotatable bonds is 6. The fourth-order valence-corrected chi connectivity index (χ4v) is 3.03. The highest BCUT2D eigenvalue weighted by Crippen LogP contribution is 2.29. The van der Waals surface area contributed by atoms with Crippen LogP contribution in [-0.4, -0.2) is 27.7 Å². The Balaban J connectivity index is 2.13. The molecule has 0 atom stereocenters. The molecule has 0 fully saturated rings. The number of benzene rings is 1. The largest absolute Gasteiger partial charge is 0.494 e. The molecule has 2 aromatic rings. The number of aromatic amines is 1. The molecule has 0 amide bonds. The van der Waals surface area contributed by atoms with Gasteiger partial charge in [-0.05, 0) is 24.5 Å². The van der Waals surface area contributed by atoms with Crippen LogP contribution >= 0.6 is 27.7 Å². The van der Waals surface area contributed by atoms with E-state index in [-0.39, 0.29) is 5.41 Å². The van der Waals surface area contributed by atoms with Gasteiger partial charge in [0.15, 0.2) is 5.16 Å². The molecular formula is C14H19BrN2OS. The van der Waals surface area contributed by atoms with Crippen LogP contribution in [0.1, 0.15) is 20.8 Å². The van der Waals surface area contributed by atoms with Crippen LogP contribution in [0.2, 0.25) is 0 Å². The van der Waals surface area contributed by atoms with Gasteiger partial charge >= 0.3 is 0 Å². The third kappa shape index (κ3) is 3.89. The third-order valence-electron chi connectivity index (χ3n) is 2.70. The molecule has 5 heteroatoms. The zero-order chi connectivity index (χ0) is 13.9. The van der Waals surface area contributed by atoms with Crippen molar-refractivity contribution in [2.24, 2.45) is 5.41 Å². The van der Waals surface area contributed by atoms with Gasteiger partial charge in [-0.15, -0.1) is 0 Å². The van der Waals surface area contributed by atoms with Gasteiger partial charge in [0, 0.05) is 17.1 Å². The first kappa shape index (κ1) is 14.7. The molecule has 1 aromatic heterocycles. The van der Waals surface area contributed by atoms with E-state index in [2.05, 4.69) is 39.7 Å². The van der Waals surface area contributed by atoms with Crippen LogP contribution in [0.3, 0.4) is 0 Å². The summed E-state index contributed by atoms with van der Waals surface area (Å²) in [6.45, 7) is 7.15. The molecular weight excluding hydrogens is 324 g/mol. The van der Waals surface area contributed by atoms with Gasteiger partial charge in [0.1, 0.15) is 5.75 Å². The van der Waals surface area contributed by atoms with Gasteiger partial charge in [-0.3, -0.25) is 0 Å². The average Bonchev–Trinajstić information content (AvgIpc) is 2.79. The van der Waals surface area contributed by atoms with E-state index in [1.807, 2.05) is 25.1 Å². The number of thioether (sulfide) groups is 1. The van der Waals surface area contributed by atoms with Crippen LogP contribution in [0.25, 0.3) is 11.0 Å². The number of H-pyrrole nitrogens is 1. The Morgan fingerprint density at radius 2 is 2.21 bits per heavy atom. The molecule has 0 spiro atoms. The summed E-state index contributed by atoms with van der Waals surface area (Å²) in [4.78, 5) is 7.94. The van der Waals surface area contributed by atoms with E-state index in [0.29, 0.717) is 6.61 Å². The van der Waals surface area contributed by atoms with Crippen LogP contribution in [0.4, 0.5) is 0 Å². The lowest BCUT2D eigenvalue weighted by Gasteiger charge is -2.19. The Morgan fingerprint density at radius 3 is 2.89 bits per heavy atom. The first-order valence-electron chi connectivity index (χ1n) is 6.35. The molecule has 0 unspecified atom stereocenters. The second kappa shape index (κ2) is 6.18. The predicted molar refractivity (Wildman–Crippen MR) is 85.6 cm³/mol. The molecule has 0 aliphatic carbocycles. The summed E-state index contributed by atoms with van der Waals surface area (Å²) in [5, 5.41) is 1.96. The van der Waals surface area contributed by atoms with Crippen LogP contribution in [0.5, 0.6) is 5.75 Å². The summed E-state index contributed by atoms with van der Waals surface area (Å²) in [7, 11) is 0. The maximum atomic E-state index is 5.49. The van der Waals surface area contributed by atoms with E-state index in [0.717, 1.165) is 33.0 Å². The number of halogens is 1. The number of alkyl halides is 1. The Hall–Kier alpha value is -0.680. The van der Waals surface area contributed by atoms with Crippen molar-refractivity contribution < 1.29 is 4.74 Å². The monoisotopic (exact) mass is 342 g/mol. The van der Waals surface area contributed by atoms with Gasteiger partial charge in [-0.1, -0.05) is 41.5 Å². The molecule has 0 bridgehead atoms. The Labute approximate surface area is 126 Å². The summed E-state index contributed by atoms with van der Waals surface area (Å²) in [5.41, 5.74) is 2.29. The van der Waals surface area contributed by atoms with E-state index >= 15 is 0 Å². The van der Waals surface area contributed by atoms with Crippen LogP contribution in [0.15, 0.2) is 23.4 Å². The minimum absolute atomic E-state index is 0.264. The summed E-state index contributed by atoms with van der Waals surface area (Å²) in [5.74, 6) is 1.91. The Kier molecular flexibility index (Phi) is 4.79. The van der Waals surface area contributed by atoms with Crippen molar-refractivity contribution in [1.82, 2.24) is 9.97 Å². The molecule has 1 aromatic carbocycles. The molecule has 19 heavy (non-hydrogen) atoms. The zero-order valence-corrected chi connectivity index (χ0v) is 13.9. The van der Waals surface area contributed by atoms with E-state index in [1.165, 1.54) is 0 Å². The molecule has 3 nitrogen and oxygen atoms in total. The topological polar surface area (TPSA) is 37.9 Å². The van der Waals surface area contributed by atoms with Gasteiger partial charge in [-0.2, -0.15) is 0 Å². The van der Waals surface area contributed by atoms with Crippen molar-refractivity contribution in [2.75, 3.05) is 17.7 Å². The molecule has 104 valence electrons. The number of hydrogen-bond acceptors (Lipinski definition) is 3. The first-order chi connectivity index (χ1) is 9.04. The van der Waals surface area contributed by atoms with Crippen molar-refractivity contribution in [3.8, 4) is 5.75 Å². The summed E-state index contributed by atoms with van der Waals surface area (Å²) < 4.78 is 5.49. The van der Waals surface area contributed by atoms with Crippen molar-refractivity contribution in [3.63, 3.8) is 0 Å². The molecule has 0 radical (unpaired) electrons. The van der Waals surface area contributed by atoms with Gasteiger partial charge < -0.3 is 9.72 Å². The average molecular weight is 343 g/mol. The summed E-state index contributed by atoms with van der Waals surface area (Å²) >= 11 is 5.30. The quantitative estimate of drug-likeness (QED) is 0.621. The molecule has 0 saturated heterocycles.